The van der Waals surface area contributed by atoms with E-state index in [4.69, 9.17) is 0 Å². The van der Waals surface area contributed by atoms with Gasteiger partial charge in [0.15, 0.2) is 0 Å². The second-order valence-electron chi connectivity index (χ2n) is 5.38. The molecule has 1 amide bonds. The molecule has 3 rings (SSSR count). The largest absolute Gasteiger partial charge is 0.506 e. The minimum Gasteiger partial charge on any atom is -0.506 e. The van der Waals surface area contributed by atoms with Gasteiger partial charge in [0.1, 0.15) is 11.4 Å². The molecule has 3 N–H and O–H groups in total. The number of hydrogen-bond acceptors (Lipinski definition) is 5. The zero-order chi connectivity index (χ0) is 16.4. The Kier molecular flexibility index (Phi) is 3.84. The quantitative estimate of drug-likeness (QED) is 0.447. The number of aromatic hydroxyl groups is 1. The smallest absolute Gasteiger partial charge is 0.293 e. The SMILES string of the molecule is O=C(Nc1ccccc1O)c1ccc(NC2CC2)c([N+](=O)[O-])c1. The zero-order valence-electron chi connectivity index (χ0n) is 12.2. The number of nitrogens with zero attached hydrogens (tertiary/aromatic N) is 1. The summed E-state index contributed by atoms with van der Waals surface area (Å²) in [7, 11) is 0. The molecule has 1 aliphatic rings. The van der Waals surface area contributed by atoms with E-state index < -0.39 is 10.8 Å². The monoisotopic (exact) mass is 313 g/mol. The highest BCUT2D eigenvalue weighted by Crippen LogP contribution is 2.32. The van der Waals surface area contributed by atoms with E-state index in [1.54, 1.807) is 18.2 Å². The fourth-order valence-corrected chi connectivity index (χ4v) is 2.17. The van der Waals surface area contributed by atoms with Crippen LogP contribution in [0.4, 0.5) is 17.1 Å². The van der Waals surface area contributed by atoms with Crippen LogP contribution in [-0.4, -0.2) is 22.0 Å². The van der Waals surface area contributed by atoms with Gasteiger partial charge in [0, 0.05) is 17.7 Å². The van der Waals surface area contributed by atoms with Gasteiger partial charge in [-0.25, -0.2) is 0 Å². The molecule has 2 aromatic carbocycles. The highest BCUT2D eigenvalue weighted by atomic mass is 16.6. The van der Waals surface area contributed by atoms with Crippen LogP contribution in [0.2, 0.25) is 0 Å². The van der Waals surface area contributed by atoms with Crippen molar-refractivity contribution in [3.8, 4) is 5.75 Å². The number of nitro groups is 1. The lowest BCUT2D eigenvalue weighted by atomic mass is 10.1. The summed E-state index contributed by atoms with van der Waals surface area (Å²) in [5.74, 6) is -0.588. The summed E-state index contributed by atoms with van der Waals surface area (Å²) in [6.07, 6.45) is 1.99. The molecular formula is C16H15N3O4. The number of amides is 1. The first-order valence-corrected chi connectivity index (χ1v) is 7.19. The third-order valence-electron chi connectivity index (χ3n) is 3.55. The zero-order valence-corrected chi connectivity index (χ0v) is 12.2. The minimum atomic E-state index is -0.521. The Bertz CT molecular complexity index is 772. The fraction of sp³-hybridized carbons (Fsp3) is 0.188. The third-order valence-corrected chi connectivity index (χ3v) is 3.55. The Hall–Kier alpha value is -3.09. The number of carbonyl (C=O) groups is 1. The van der Waals surface area contributed by atoms with Crippen LogP contribution >= 0.6 is 0 Å². The van der Waals surface area contributed by atoms with Crippen LogP contribution in [-0.2, 0) is 0 Å². The van der Waals surface area contributed by atoms with E-state index in [1.165, 1.54) is 24.3 Å². The second-order valence-corrected chi connectivity index (χ2v) is 5.38. The molecule has 0 bridgehead atoms. The van der Waals surface area contributed by atoms with Gasteiger partial charge in [0.05, 0.1) is 10.6 Å². The van der Waals surface area contributed by atoms with Crippen molar-refractivity contribution in [1.29, 1.82) is 0 Å². The van der Waals surface area contributed by atoms with Gasteiger partial charge >= 0.3 is 0 Å². The fourth-order valence-electron chi connectivity index (χ4n) is 2.17. The van der Waals surface area contributed by atoms with Crippen LogP contribution < -0.4 is 10.6 Å². The molecule has 118 valence electrons. The molecule has 1 fully saturated rings. The van der Waals surface area contributed by atoms with Gasteiger partial charge in [-0.05, 0) is 37.1 Å². The van der Waals surface area contributed by atoms with E-state index in [2.05, 4.69) is 10.6 Å². The van der Waals surface area contributed by atoms with Gasteiger partial charge in [0.2, 0.25) is 0 Å². The molecule has 23 heavy (non-hydrogen) atoms. The van der Waals surface area contributed by atoms with E-state index in [-0.39, 0.29) is 28.7 Å². The average Bonchev–Trinajstić information content (AvgIpc) is 3.33. The molecule has 0 heterocycles. The average molecular weight is 313 g/mol. The van der Waals surface area contributed by atoms with E-state index in [0.717, 1.165) is 12.8 Å². The maximum atomic E-state index is 12.2. The maximum Gasteiger partial charge on any atom is 0.293 e. The topological polar surface area (TPSA) is 104 Å². The maximum absolute atomic E-state index is 12.2. The molecule has 0 atom stereocenters. The molecule has 0 radical (unpaired) electrons. The van der Waals surface area contributed by atoms with Crippen LogP contribution in [0, 0.1) is 10.1 Å². The Morgan fingerprint density at radius 3 is 2.57 bits per heavy atom. The van der Waals surface area contributed by atoms with Gasteiger partial charge in [-0.15, -0.1) is 0 Å². The molecule has 7 heteroatoms. The summed E-state index contributed by atoms with van der Waals surface area (Å²) in [6.45, 7) is 0. The molecule has 2 aromatic rings. The van der Waals surface area contributed by atoms with Crippen LogP contribution in [0.1, 0.15) is 23.2 Å². The Morgan fingerprint density at radius 2 is 1.91 bits per heavy atom. The summed E-state index contributed by atoms with van der Waals surface area (Å²) in [5.41, 5.74) is 0.681. The highest BCUT2D eigenvalue weighted by molar-refractivity contribution is 6.05. The standard InChI is InChI=1S/C16H15N3O4/c20-15-4-2-1-3-13(15)18-16(21)10-5-8-12(17-11-6-7-11)14(9-10)19(22)23/h1-5,8-9,11,17,20H,6-7H2,(H,18,21). The number of anilines is 2. The lowest BCUT2D eigenvalue weighted by Gasteiger charge is -2.09. The predicted octanol–water partition coefficient (Wildman–Crippen LogP) is 3.13. The van der Waals surface area contributed by atoms with E-state index in [0.29, 0.717) is 5.69 Å². The molecule has 0 aliphatic heterocycles. The summed E-state index contributed by atoms with van der Waals surface area (Å²) >= 11 is 0. The third kappa shape index (κ3) is 3.39. The van der Waals surface area contributed by atoms with Gasteiger partial charge in [0.25, 0.3) is 11.6 Å². The lowest BCUT2D eigenvalue weighted by Crippen LogP contribution is -2.13. The van der Waals surface area contributed by atoms with Crippen molar-refractivity contribution in [3.05, 3.63) is 58.1 Å². The Balaban J connectivity index is 1.84. The van der Waals surface area contributed by atoms with Gasteiger partial charge in [-0.2, -0.15) is 0 Å². The van der Waals surface area contributed by atoms with Crippen LogP contribution in [0.5, 0.6) is 5.75 Å². The highest BCUT2D eigenvalue weighted by Gasteiger charge is 2.25. The number of phenols is 1. The van der Waals surface area contributed by atoms with E-state index >= 15 is 0 Å². The first-order valence-electron chi connectivity index (χ1n) is 7.19. The number of rotatable bonds is 5. The molecule has 0 saturated heterocycles. The van der Waals surface area contributed by atoms with Crippen molar-refractivity contribution in [3.63, 3.8) is 0 Å². The summed E-state index contributed by atoms with van der Waals surface area (Å²) in [6, 6.07) is 10.9. The summed E-state index contributed by atoms with van der Waals surface area (Å²) in [4.78, 5) is 22.9. The molecule has 7 nitrogen and oxygen atoms in total. The van der Waals surface area contributed by atoms with Gasteiger partial charge in [-0.1, -0.05) is 12.1 Å². The number of phenolic OH excluding ortho intramolecular Hbond substituents is 1. The van der Waals surface area contributed by atoms with Crippen molar-refractivity contribution in [2.45, 2.75) is 18.9 Å². The minimum absolute atomic E-state index is 0.0673. The molecule has 0 unspecified atom stereocenters. The number of carbonyl (C=O) groups excluding carboxylic acids is 1. The van der Waals surface area contributed by atoms with Gasteiger partial charge < -0.3 is 15.7 Å². The van der Waals surface area contributed by atoms with Crippen LogP contribution in [0.3, 0.4) is 0 Å². The Labute approximate surface area is 132 Å². The number of para-hydroxylation sites is 2. The van der Waals surface area contributed by atoms with Crippen molar-refractivity contribution in [1.82, 2.24) is 0 Å². The molecule has 1 aliphatic carbocycles. The van der Waals surface area contributed by atoms with Crippen molar-refractivity contribution < 1.29 is 14.8 Å². The first-order chi connectivity index (χ1) is 11.0. The van der Waals surface area contributed by atoms with Gasteiger partial charge in [-0.3, -0.25) is 14.9 Å². The first kappa shape index (κ1) is 14.8. The van der Waals surface area contributed by atoms with Crippen molar-refractivity contribution in [2.24, 2.45) is 0 Å². The summed E-state index contributed by atoms with van der Waals surface area (Å²) in [5, 5.41) is 26.5. The van der Waals surface area contributed by atoms with Crippen molar-refractivity contribution >= 4 is 23.0 Å². The van der Waals surface area contributed by atoms with E-state index in [9.17, 15) is 20.0 Å². The number of nitrogens with one attached hydrogen (secondary N) is 2. The molecule has 0 aromatic heterocycles. The van der Waals surface area contributed by atoms with Crippen LogP contribution in [0.25, 0.3) is 0 Å². The Morgan fingerprint density at radius 1 is 1.17 bits per heavy atom. The number of hydrogen-bond donors (Lipinski definition) is 3. The molecule has 0 spiro atoms. The number of nitro benzene ring substituents is 1. The second kappa shape index (κ2) is 5.96. The van der Waals surface area contributed by atoms with Crippen LogP contribution in [0.15, 0.2) is 42.5 Å². The number of benzene rings is 2. The summed E-state index contributed by atoms with van der Waals surface area (Å²) < 4.78 is 0. The molecule has 1 saturated carbocycles. The lowest BCUT2D eigenvalue weighted by molar-refractivity contribution is -0.384. The molecular weight excluding hydrogens is 298 g/mol. The van der Waals surface area contributed by atoms with E-state index in [1.807, 2.05) is 0 Å². The van der Waals surface area contributed by atoms with Crippen molar-refractivity contribution in [2.75, 3.05) is 10.6 Å². The predicted molar refractivity (Wildman–Crippen MR) is 85.8 cm³/mol. The normalized spacial score (nSPS) is 13.4.